The molecule has 2 aliphatic rings. The van der Waals surface area contributed by atoms with Crippen LogP contribution < -0.4 is 5.73 Å². The molecule has 76 valence electrons. The van der Waals surface area contributed by atoms with Gasteiger partial charge in [0.1, 0.15) is 0 Å². The normalized spacial score (nSPS) is 37.4. The second-order valence-corrected chi connectivity index (χ2v) is 4.97. The third kappa shape index (κ3) is 2.05. The number of hydrogen-bond acceptors (Lipinski definition) is 2. The Labute approximate surface area is 81.5 Å². The van der Waals surface area contributed by atoms with E-state index in [1.54, 1.807) is 0 Å². The molecule has 1 saturated carbocycles. The molecule has 0 spiro atoms. The van der Waals surface area contributed by atoms with E-state index >= 15 is 0 Å². The van der Waals surface area contributed by atoms with Crippen LogP contribution in [0.25, 0.3) is 0 Å². The predicted molar refractivity (Wildman–Crippen MR) is 55.5 cm³/mol. The van der Waals surface area contributed by atoms with Crippen LogP contribution in [0, 0.1) is 17.8 Å². The Morgan fingerprint density at radius 2 is 1.77 bits per heavy atom. The zero-order valence-corrected chi connectivity index (χ0v) is 8.71. The molecule has 1 aliphatic heterocycles. The smallest absolute Gasteiger partial charge is 0.00190 e. The first-order chi connectivity index (χ1) is 6.29. The maximum Gasteiger partial charge on any atom is -0.00190 e. The van der Waals surface area contributed by atoms with E-state index in [1.165, 1.54) is 38.8 Å². The number of nitrogens with zero attached hydrogens (tertiary/aromatic N) is 1. The van der Waals surface area contributed by atoms with Crippen LogP contribution in [0.15, 0.2) is 0 Å². The summed E-state index contributed by atoms with van der Waals surface area (Å²) in [5, 5.41) is 0. The molecular formula is C11H22N2. The van der Waals surface area contributed by atoms with Gasteiger partial charge in [0.2, 0.25) is 0 Å². The fourth-order valence-corrected chi connectivity index (χ4v) is 2.86. The lowest BCUT2D eigenvalue weighted by molar-refractivity contribution is 0.0801. The van der Waals surface area contributed by atoms with E-state index in [4.69, 9.17) is 5.73 Å². The second-order valence-electron chi connectivity index (χ2n) is 4.97. The molecule has 2 heteroatoms. The van der Waals surface area contributed by atoms with Crippen molar-refractivity contribution in [2.45, 2.75) is 25.7 Å². The lowest BCUT2D eigenvalue weighted by Gasteiger charge is -2.43. The summed E-state index contributed by atoms with van der Waals surface area (Å²) in [4.78, 5) is 2.45. The fraction of sp³-hybridized carbons (Fsp3) is 1.00. The number of rotatable bonds is 2. The van der Waals surface area contributed by atoms with Gasteiger partial charge in [0, 0.05) is 0 Å². The van der Waals surface area contributed by atoms with E-state index in [0.717, 1.165) is 24.3 Å². The third-order valence-electron chi connectivity index (χ3n) is 4.04. The summed E-state index contributed by atoms with van der Waals surface area (Å²) in [6.07, 6.45) is 5.70. The van der Waals surface area contributed by atoms with E-state index < -0.39 is 0 Å². The molecule has 0 aromatic rings. The van der Waals surface area contributed by atoms with E-state index in [1.807, 2.05) is 0 Å². The largest absolute Gasteiger partial charge is 0.330 e. The Hall–Kier alpha value is -0.0800. The van der Waals surface area contributed by atoms with Gasteiger partial charge in [-0.3, -0.25) is 0 Å². The van der Waals surface area contributed by atoms with Crippen LogP contribution in [-0.4, -0.2) is 31.6 Å². The van der Waals surface area contributed by atoms with E-state index in [2.05, 4.69) is 11.9 Å². The lowest BCUT2D eigenvalue weighted by Crippen LogP contribution is -2.40. The molecule has 1 aliphatic carbocycles. The van der Waals surface area contributed by atoms with Crippen molar-refractivity contribution in [2.24, 2.45) is 23.5 Å². The van der Waals surface area contributed by atoms with E-state index in [0.29, 0.717) is 0 Å². The molecule has 2 fully saturated rings. The summed E-state index contributed by atoms with van der Waals surface area (Å²) in [6.45, 7) is 3.55. The first-order valence-electron chi connectivity index (χ1n) is 5.68. The molecule has 13 heavy (non-hydrogen) atoms. The monoisotopic (exact) mass is 182 g/mol. The molecule has 1 saturated heterocycles. The molecular weight excluding hydrogens is 160 g/mol. The fourth-order valence-electron chi connectivity index (χ4n) is 2.86. The first kappa shape index (κ1) is 9.47. The summed E-state index contributed by atoms with van der Waals surface area (Å²) in [7, 11) is 2.24. The Morgan fingerprint density at radius 3 is 2.31 bits per heavy atom. The number of likely N-dealkylation sites (tertiary alicyclic amines) is 1. The maximum absolute atomic E-state index is 5.64. The summed E-state index contributed by atoms with van der Waals surface area (Å²) in [6, 6.07) is 0. The third-order valence-corrected chi connectivity index (χ3v) is 4.04. The molecule has 0 bridgehead atoms. The van der Waals surface area contributed by atoms with Crippen LogP contribution >= 0.6 is 0 Å². The van der Waals surface area contributed by atoms with Crippen molar-refractivity contribution in [3.63, 3.8) is 0 Å². The van der Waals surface area contributed by atoms with Gasteiger partial charge in [0.25, 0.3) is 0 Å². The van der Waals surface area contributed by atoms with Gasteiger partial charge in [-0.1, -0.05) is 0 Å². The highest BCUT2D eigenvalue weighted by molar-refractivity contribution is 4.87. The highest BCUT2D eigenvalue weighted by Crippen LogP contribution is 2.42. The topological polar surface area (TPSA) is 29.3 Å². The van der Waals surface area contributed by atoms with Crippen LogP contribution in [0.3, 0.4) is 0 Å². The first-order valence-corrected chi connectivity index (χ1v) is 5.68. The van der Waals surface area contributed by atoms with Crippen molar-refractivity contribution in [2.75, 3.05) is 26.7 Å². The molecule has 0 radical (unpaired) electrons. The van der Waals surface area contributed by atoms with Gasteiger partial charge in [0.05, 0.1) is 0 Å². The van der Waals surface area contributed by atoms with Crippen molar-refractivity contribution in [3.8, 4) is 0 Å². The predicted octanol–water partition coefficient (Wildman–Crippen LogP) is 1.31. The van der Waals surface area contributed by atoms with Crippen LogP contribution in [0.1, 0.15) is 25.7 Å². The number of piperidine rings is 1. The Bertz CT molecular complexity index is 155. The van der Waals surface area contributed by atoms with Gasteiger partial charge in [-0.05, 0) is 70.1 Å². The highest BCUT2D eigenvalue weighted by Gasteiger charge is 2.34. The Morgan fingerprint density at radius 1 is 1.15 bits per heavy atom. The summed E-state index contributed by atoms with van der Waals surface area (Å²) in [5.74, 6) is 2.92. The van der Waals surface area contributed by atoms with Crippen molar-refractivity contribution in [1.82, 2.24) is 4.90 Å². The summed E-state index contributed by atoms with van der Waals surface area (Å²) < 4.78 is 0. The lowest BCUT2D eigenvalue weighted by atomic mass is 9.66. The SMILES string of the molecule is CN1CCC(C2CC(CN)C2)CC1. The quantitative estimate of drug-likeness (QED) is 0.698. The van der Waals surface area contributed by atoms with Crippen LogP contribution in [0.5, 0.6) is 0 Å². The molecule has 0 unspecified atom stereocenters. The molecule has 2 N–H and O–H groups in total. The average molecular weight is 182 g/mol. The molecule has 0 aromatic heterocycles. The van der Waals surface area contributed by atoms with Crippen molar-refractivity contribution >= 4 is 0 Å². The van der Waals surface area contributed by atoms with Gasteiger partial charge in [-0.25, -0.2) is 0 Å². The van der Waals surface area contributed by atoms with Crippen LogP contribution in [-0.2, 0) is 0 Å². The standard InChI is InChI=1S/C11H22N2/c1-13-4-2-10(3-5-13)11-6-9(7-11)8-12/h9-11H,2-8,12H2,1H3. The Kier molecular flexibility index (Phi) is 2.89. The zero-order valence-electron chi connectivity index (χ0n) is 8.71. The minimum absolute atomic E-state index is 0.865. The van der Waals surface area contributed by atoms with Gasteiger partial charge < -0.3 is 10.6 Å². The van der Waals surface area contributed by atoms with Crippen molar-refractivity contribution in [3.05, 3.63) is 0 Å². The summed E-state index contributed by atoms with van der Waals surface area (Å²) >= 11 is 0. The molecule has 1 heterocycles. The number of hydrogen-bond donors (Lipinski definition) is 1. The van der Waals surface area contributed by atoms with Gasteiger partial charge >= 0.3 is 0 Å². The van der Waals surface area contributed by atoms with Crippen LogP contribution in [0.2, 0.25) is 0 Å². The number of nitrogens with two attached hydrogens (primary N) is 1. The minimum atomic E-state index is 0.865. The molecule has 0 aromatic carbocycles. The van der Waals surface area contributed by atoms with Crippen molar-refractivity contribution in [1.29, 1.82) is 0 Å². The van der Waals surface area contributed by atoms with Crippen molar-refractivity contribution < 1.29 is 0 Å². The van der Waals surface area contributed by atoms with Gasteiger partial charge in [-0.15, -0.1) is 0 Å². The second kappa shape index (κ2) is 3.97. The zero-order chi connectivity index (χ0) is 9.26. The van der Waals surface area contributed by atoms with Gasteiger partial charge in [-0.2, -0.15) is 0 Å². The molecule has 2 nitrogen and oxygen atoms in total. The van der Waals surface area contributed by atoms with Gasteiger partial charge in [0.15, 0.2) is 0 Å². The Balaban J connectivity index is 1.71. The minimum Gasteiger partial charge on any atom is -0.330 e. The highest BCUT2D eigenvalue weighted by atomic mass is 15.1. The molecule has 0 atom stereocenters. The maximum atomic E-state index is 5.64. The van der Waals surface area contributed by atoms with E-state index in [9.17, 15) is 0 Å². The van der Waals surface area contributed by atoms with Crippen LogP contribution in [0.4, 0.5) is 0 Å². The average Bonchev–Trinajstić information content (AvgIpc) is 2.06. The molecule has 2 rings (SSSR count). The van der Waals surface area contributed by atoms with E-state index in [-0.39, 0.29) is 0 Å². The molecule has 0 amide bonds. The summed E-state index contributed by atoms with van der Waals surface area (Å²) in [5.41, 5.74) is 5.64.